The summed E-state index contributed by atoms with van der Waals surface area (Å²) in [6.45, 7) is 2.69. The lowest BCUT2D eigenvalue weighted by molar-refractivity contribution is 0.509. The van der Waals surface area contributed by atoms with Crippen molar-refractivity contribution in [1.82, 2.24) is 5.32 Å². The fourth-order valence-corrected chi connectivity index (χ4v) is 2.73. The van der Waals surface area contributed by atoms with Crippen LogP contribution in [0.2, 0.25) is 0 Å². The Bertz CT molecular complexity index is 601. The van der Waals surface area contributed by atoms with E-state index in [4.69, 9.17) is 4.42 Å². The van der Waals surface area contributed by atoms with Gasteiger partial charge >= 0.3 is 0 Å². The minimum atomic E-state index is -0.496. The molecule has 20 heavy (non-hydrogen) atoms. The smallest absolute Gasteiger partial charge is 0.174 e. The van der Waals surface area contributed by atoms with Gasteiger partial charge in [-0.15, -0.1) is 0 Å². The molecule has 6 heteroatoms. The van der Waals surface area contributed by atoms with Crippen LogP contribution in [-0.4, -0.2) is 6.54 Å². The van der Waals surface area contributed by atoms with Gasteiger partial charge in [0.25, 0.3) is 0 Å². The van der Waals surface area contributed by atoms with E-state index in [2.05, 4.69) is 37.2 Å². The largest absolute Gasteiger partial charge is 0.457 e. The Hall–Kier alpha value is -0.720. The second-order valence-electron chi connectivity index (χ2n) is 4.32. The average Bonchev–Trinajstić information content (AvgIpc) is 2.82. The molecule has 0 aliphatic rings. The molecule has 0 aliphatic carbocycles. The van der Waals surface area contributed by atoms with Gasteiger partial charge in [-0.2, -0.15) is 0 Å². The predicted molar refractivity (Wildman–Crippen MR) is 80.6 cm³/mol. The second-order valence-corrected chi connectivity index (χ2v) is 5.90. The number of furan rings is 1. The molecule has 0 fully saturated rings. The van der Waals surface area contributed by atoms with E-state index in [0.717, 1.165) is 18.1 Å². The van der Waals surface area contributed by atoms with Crippen LogP contribution in [0.4, 0.5) is 8.78 Å². The molecular weight excluding hydrogens is 396 g/mol. The summed E-state index contributed by atoms with van der Waals surface area (Å²) in [6, 6.07) is 3.60. The zero-order chi connectivity index (χ0) is 14.7. The molecule has 1 aromatic carbocycles. The highest BCUT2D eigenvalue weighted by Crippen LogP contribution is 2.32. The molecule has 2 rings (SSSR count). The molecule has 0 radical (unpaired) electrons. The molecule has 0 amide bonds. The third kappa shape index (κ3) is 3.30. The van der Waals surface area contributed by atoms with E-state index in [1.165, 1.54) is 12.3 Å². The average molecular weight is 409 g/mol. The van der Waals surface area contributed by atoms with Crippen molar-refractivity contribution in [2.45, 2.75) is 19.4 Å². The highest BCUT2D eigenvalue weighted by molar-refractivity contribution is 9.10. The first-order chi connectivity index (χ1) is 9.54. The Balaban J connectivity index is 2.46. The first-order valence-corrected chi connectivity index (χ1v) is 7.74. The number of halogens is 4. The Morgan fingerprint density at radius 2 is 1.95 bits per heavy atom. The Labute approximate surface area is 132 Å². The zero-order valence-electron chi connectivity index (χ0n) is 10.7. The van der Waals surface area contributed by atoms with Crippen molar-refractivity contribution in [2.24, 2.45) is 0 Å². The highest BCUT2D eigenvalue weighted by Gasteiger charge is 2.22. The van der Waals surface area contributed by atoms with Crippen LogP contribution in [0.5, 0.6) is 0 Å². The van der Waals surface area contributed by atoms with Crippen molar-refractivity contribution < 1.29 is 13.2 Å². The summed E-state index contributed by atoms with van der Waals surface area (Å²) in [4.78, 5) is 0. The number of benzene rings is 1. The van der Waals surface area contributed by atoms with Gasteiger partial charge in [-0.25, -0.2) is 8.78 Å². The number of rotatable bonds is 5. The van der Waals surface area contributed by atoms with Crippen molar-refractivity contribution in [3.05, 3.63) is 56.4 Å². The molecule has 108 valence electrons. The third-order valence-corrected chi connectivity index (χ3v) is 4.16. The summed E-state index contributed by atoms with van der Waals surface area (Å²) >= 11 is 6.26. The van der Waals surface area contributed by atoms with E-state index in [-0.39, 0.29) is 10.0 Å². The van der Waals surface area contributed by atoms with Crippen molar-refractivity contribution in [2.75, 3.05) is 6.54 Å². The molecule has 2 aromatic rings. The van der Waals surface area contributed by atoms with Crippen LogP contribution in [0.15, 0.2) is 38.0 Å². The van der Waals surface area contributed by atoms with Gasteiger partial charge < -0.3 is 9.73 Å². The minimum Gasteiger partial charge on any atom is -0.457 e. The maximum Gasteiger partial charge on any atom is 0.174 e. The maximum atomic E-state index is 14.1. The van der Waals surface area contributed by atoms with Crippen LogP contribution in [0.25, 0.3) is 0 Å². The SMILES string of the molecule is CCCNC(c1cc(F)c(Br)cc1F)c1ccoc1Br. The first kappa shape index (κ1) is 15.7. The van der Waals surface area contributed by atoms with Gasteiger partial charge in [-0.3, -0.25) is 0 Å². The highest BCUT2D eigenvalue weighted by atomic mass is 79.9. The summed E-state index contributed by atoms with van der Waals surface area (Å²) in [6.07, 6.45) is 2.39. The minimum absolute atomic E-state index is 0.110. The van der Waals surface area contributed by atoms with E-state index < -0.39 is 17.7 Å². The normalized spacial score (nSPS) is 12.7. The lowest BCUT2D eigenvalue weighted by Gasteiger charge is -2.19. The predicted octanol–water partition coefficient (Wildman–Crippen LogP) is 5.17. The molecule has 0 saturated carbocycles. The maximum absolute atomic E-state index is 14.1. The van der Waals surface area contributed by atoms with E-state index in [9.17, 15) is 8.78 Å². The van der Waals surface area contributed by atoms with Crippen LogP contribution < -0.4 is 5.32 Å². The summed E-state index contributed by atoms with van der Waals surface area (Å²) in [5.74, 6) is -0.968. The van der Waals surface area contributed by atoms with Gasteiger partial charge in [0.2, 0.25) is 0 Å². The molecule has 1 heterocycles. The van der Waals surface area contributed by atoms with E-state index in [1.54, 1.807) is 6.07 Å². The summed E-state index contributed by atoms with van der Waals surface area (Å²) < 4.78 is 33.7. The van der Waals surface area contributed by atoms with E-state index >= 15 is 0 Å². The van der Waals surface area contributed by atoms with Crippen LogP contribution >= 0.6 is 31.9 Å². The van der Waals surface area contributed by atoms with E-state index in [1.807, 2.05) is 6.92 Å². The number of hydrogen-bond donors (Lipinski definition) is 1. The van der Waals surface area contributed by atoms with Crippen molar-refractivity contribution in [3.8, 4) is 0 Å². The lowest BCUT2D eigenvalue weighted by Crippen LogP contribution is -2.24. The third-order valence-electron chi connectivity index (χ3n) is 2.91. The van der Waals surface area contributed by atoms with Crippen LogP contribution in [0.3, 0.4) is 0 Å². The van der Waals surface area contributed by atoms with Crippen molar-refractivity contribution in [3.63, 3.8) is 0 Å². The number of hydrogen-bond acceptors (Lipinski definition) is 2. The van der Waals surface area contributed by atoms with Gasteiger partial charge in [-0.1, -0.05) is 6.92 Å². The molecule has 2 nitrogen and oxygen atoms in total. The molecule has 0 saturated heterocycles. The molecule has 1 N–H and O–H groups in total. The molecule has 1 aromatic heterocycles. The van der Waals surface area contributed by atoms with Crippen molar-refractivity contribution in [1.29, 1.82) is 0 Å². The van der Waals surface area contributed by atoms with Crippen LogP contribution in [0, 0.1) is 11.6 Å². The van der Waals surface area contributed by atoms with Crippen molar-refractivity contribution >= 4 is 31.9 Å². The Morgan fingerprint density at radius 3 is 2.55 bits per heavy atom. The standard InChI is InChI=1S/C14H13Br2F2NO/c1-2-4-19-13(8-3-5-20-14(8)16)9-6-12(18)10(15)7-11(9)17/h3,5-7,13,19H,2,4H2,1H3. The first-order valence-electron chi connectivity index (χ1n) is 6.15. The molecule has 1 unspecified atom stereocenters. The van der Waals surface area contributed by atoms with Crippen LogP contribution in [-0.2, 0) is 0 Å². The van der Waals surface area contributed by atoms with Gasteiger partial charge in [0, 0.05) is 11.1 Å². The molecular formula is C14H13Br2F2NO. The summed E-state index contributed by atoms with van der Waals surface area (Å²) in [5, 5.41) is 3.20. The molecule has 0 spiro atoms. The topological polar surface area (TPSA) is 25.2 Å². The fourth-order valence-electron chi connectivity index (χ4n) is 1.95. The van der Waals surface area contributed by atoms with Gasteiger partial charge in [0.05, 0.1) is 16.8 Å². The quantitative estimate of drug-likeness (QED) is 0.690. The summed E-state index contributed by atoms with van der Waals surface area (Å²) in [7, 11) is 0. The molecule has 0 aliphatic heterocycles. The molecule has 1 atom stereocenters. The van der Waals surface area contributed by atoms with Crippen LogP contribution in [0.1, 0.15) is 30.5 Å². The lowest BCUT2D eigenvalue weighted by atomic mass is 10.0. The summed E-state index contributed by atoms with van der Waals surface area (Å²) in [5.41, 5.74) is 0.986. The zero-order valence-corrected chi connectivity index (χ0v) is 13.9. The van der Waals surface area contributed by atoms with E-state index in [0.29, 0.717) is 11.2 Å². The molecule has 0 bridgehead atoms. The fraction of sp³-hybridized carbons (Fsp3) is 0.286. The second kappa shape index (κ2) is 6.83. The van der Waals surface area contributed by atoms with Gasteiger partial charge in [-0.05, 0) is 63.0 Å². The van der Waals surface area contributed by atoms with Gasteiger partial charge in [0.1, 0.15) is 11.6 Å². The Morgan fingerprint density at radius 1 is 1.20 bits per heavy atom. The van der Waals surface area contributed by atoms with Gasteiger partial charge in [0.15, 0.2) is 4.67 Å². The number of nitrogens with one attached hydrogen (secondary N) is 1. The Kier molecular flexibility index (Phi) is 5.35. The monoisotopic (exact) mass is 407 g/mol.